The molecule has 1 fully saturated rings. The van der Waals surface area contributed by atoms with Crippen LogP contribution in [0.4, 0.5) is 0 Å². The molecular weight excluding hydrogens is 348 g/mol. The van der Waals surface area contributed by atoms with Gasteiger partial charge in [-0.2, -0.15) is 0 Å². The highest BCUT2D eigenvalue weighted by atomic mass is 35.5. The van der Waals surface area contributed by atoms with E-state index in [0.717, 1.165) is 10.9 Å². The van der Waals surface area contributed by atoms with E-state index >= 15 is 0 Å². The van der Waals surface area contributed by atoms with E-state index in [9.17, 15) is 0 Å². The molecule has 2 aromatic carbocycles. The summed E-state index contributed by atoms with van der Waals surface area (Å²) in [6, 6.07) is 11.2. The van der Waals surface area contributed by atoms with Crippen molar-refractivity contribution in [3.05, 3.63) is 67.4 Å². The van der Waals surface area contributed by atoms with Crippen molar-refractivity contribution >= 4 is 23.8 Å². The predicted octanol–water partition coefficient (Wildman–Crippen LogP) is 5.98. The van der Waals surface area contributed by atoms with Crippen LogP contribution in [0.5, 0.6) is 0 Å². The Morgan fingerprint density at radius 3 is 2.59 bits per heavy atom. The first kappa shape index (κ1) is 17.6. The summed E-state index contributed by atoms with van der Waals surface area (Å²) >= 11 is 6.34. The highest BCUT2D eigenvalue weighted by Gasteiger charge is 2.22. The lowest BCUT2D eigenvalue weighted by molar-refractivity contribution is 0.329. The van der Waals surface area contributed by atoms with Gasteiger partial charge in [0.2, 0.25) is 0 Å². The zero-order chi connectivity index (χ0) is 18.2. The van der Waals surface area contributed by atoms with Crippen LogP contribution in [-0.4, -0.2) is 0 Å². The number of halogens is 1. The molecule has 0 radical (unpaired) electrons. The molecule has 5 rings (SSSR count). The van der Waals surface area contributed by atoms with Crippen LogP contribution in [0.25, 0.3) is 12.2 Å². The minimum Gasteiger partial charge on any atom is -0.0843 e. The molecular formula is C26H29Cl. The summed E-state index contributed by atoms with van der Waals surface area (Å²) in [4.78, 5) is 0. The second-order valence-electron chi connectivity index (χ2n) is 8.78. The molecule has 2 aromatic rings. The van der Waals surface area contributed by atoms with Crippen molar-refractivity contribution < 1.29 is 0 Å². The van der Waals surface area contributed by atoms with Gasteiger partial charge in [-0.05, 0) is 82.2 Å². The van der Waals surface area contributed by atoms with E-state index in [1.165, 1.54) is 85.1 Å². The smallest absolute Gasteiger partial charge is 0.0412 e. The molecule has 0 aromatic heterocycles. The maximum atomic E-state index is 6.34. The Bertz CT molecular complexity index is 1060. The third-order valence-corrected chi connectivity index (χ3v) is 7.29. The Balaban J connectivity index is 1.63. The van der Waals surface area contributed by atoms with Crippen LogP contribution in [0, 0.1) is 16.4 Å². The number of rotatable bonds is 3. The van der Waals surface area contributed by atoms with Gasteiger partial charge < -0.3 is 0 Å². The van der Waals surface area contributed by atoms with Gasteiger partial charge >= 0.3 is 0 Å². The molecule has 0 amide bonds. The molecule has 140 valence electrons. The molecule has 1 heteroatoms. The molecule has 3 aliphatic rings. The molecule has 3 aliphatic carbocycles. The van der Waals surface area contributed by atoms with Gasteiger partial charge in [-0.3, -0.25) is 0 Å². The molecule has 0 N–H and O–H groups in total. The number of fused-ring (bicyclic) bond motifs is 4. The summed E-state index contributed by atoms with van der Waals surface area (Å²) in [5, 5.41) is 6.52. The van der Waals surface area contributed by atoms with E-state index in [0.29, 0.717) is 5.92 Å². The van der Waals surface area contributed by atoms with Crippen LogP contribution < -0.4 is 10.4 Å². The van der Waals surface area contributed by atoms with Gasteiger partial charge in [0, 0.05) is 10.9 Å². The Morgan fingerprint density at radius 1 is 0.852 bits per heavy atom. The highest BCUT2D eigenvalue weighted by Crippen LogP contribution is 2.35. The van der Waals surface area contributed by atoms with E-state index < -0.39 is 0 Å². The van der Waals surface area contributed by atoms with Gasteiger partial charge in [0.1, 0.15) is 0 Å². The summed E-state index contributed by atoms with van der Waals surface area (Å²) in [6.45, 7) is 0. The fourth-order valence-electron chi connectivity index (χ4n) is 5.68. The van der Waals surface area contributed by atoms with Gasteiger partial charge in [-0.1, -0.05) is 74.1 Å². The van der Waals surface area contributed by atoms with Crippen molar-refractivity contribution in [2.45, 2.75) is 70.1 Å². The monoisotopic (exact) mass is 376 g/mol. The lowest BCUT2D eigenvalue weighted by atomic mass is 9.78. The summed E-state index contributed by atoms with van der Waals surface area (Å²) in [7, 11) is 0. The molecule has 0 heterocycles. The minimum atomic E-state index is 0.550. The SMILES string of the molecule is Clc1ccc2c(c1)=CC(CCC1CCCCC1)c1c3c(ccc1=2)=CCCC3. The van der Waals surface area contributed by atoms with Gasteiger partial charge in [-0.25, -0.2) is 0 Å². The maximum Gasteiger partial charge on any atom is 0.0412 e. The Labute approximate surface area is 167 Å². The van der Waals surface area contributed by atoms with Crippen LogP contribution in [-0.2, 0) is 6.42 Å². The quantitative estimate of drug-likeness (QED) is 0.617. The third-order valence-electron chi connectivity index (χ3n) is 7.05. The number of benzene rings is 2. The zero-order valence-electron chi connectivity index (χ0n) is 16.1. The first-order valence-corrected chi connectivity index (χ1v) is 11.3. The molecule has 1 saturated carbocycles. The van der Waals surface area contributed by atoms with Crippen LogP contribution in [0.15, 0.2) is 30.3 Å². The van der Waals surface area contributed by atoms with E-state index in [-0.39, 0.29) is 0 Å². The van der Waals surface area contributed by atoms with Crippen LogP contribution in [0.3, 0.4) is 0 Å². The predicted molar refractivity (Wildman–Crippen MR) is 115 cm³/mol. The van der Waals surface area contributed by atoms with Crippen LogP contribution in [0.1, 0.15) is 74.8 Å². The van der Waals surface area contributed by atoms with Crippen molar-refractivity contribution in [3.8, 4) is 0 Å². The summed E-state index contributed by atoms with van der Waals surface area (Å²) < 4.78 is 0. The highest BCUT2D eigenvalue weighted by molar-refractivity contribution is 6.30. The van der Waals surface area contributed by atoms with Gasteiger partial charge in [0.25, 0.3) is 0 Å². The molecule has 0 aliphatic heterocycles. The van der Waals surface area contributed by atoms with Crippen molar-refractivity contribution in [3.63, 3.8) is 0 Å². The third kappa shape index (κ3) is 3.38. The van der Waals surface area contributed by atoms with Gasteiger partial charge in [0.05, 0.1) is 0 Å². The van der Waals surface area contributed by atoms with E-state index in [2.05, 4.69) is 36.4 Å². The Morgan fingerprint density at radius 2 is 1.70 bits per heavy atom. The van der Waals surface area contributed by atoms with Crippen molar-refractivity contribution in [2.24, 2.45) is 5.92 Å². The Hall–Kier alpha value is -1.53. The lowest BCUT2D eigenvalue weighted by Gasteiger charge is -2.27. The number of hydrogen-bond acceptors (Lipinski definition) is 0. The van der Waals surface area contributed by atoms with Crippen molar-refractivity contribution in [2.75, 3.05) is 0 Å². The fraction of sp³-hybridized carbons (Fsp3) is 0.462. The zero-order valence-corrected chi connectivity index (χ0v) is 16.9. The van der Waals surface area contributed by atoms with Crippen LogP contribution >= 0.6 is 11.6 Å². The topological polar surface area (TPSA) is 0 Å². The van der Waals surface area contributed by atoms with Gasteiger partial charge in [-0.15, -0.1) is 0 Å². The van der Waals surface area contributed by atoms with Crippen molar-refractivity contribution in [1.29, 1.82) is 0 Å². The molecule has 0 nitrogen and oxygen atoms in total. The maximum absolute atomic E-state index is 6.34. The minimum absolute atomic E-state index is 0.550. The largest absolute Gasteiger partial charge is 0.0843 e. The Kier molecular flexibility index (Phi) is 4.86. The second-order valence-corrected chi connectivity index (χ2v) is 9.21. The lowest BCUT2D eigenvalue weighted by Crippen LogP contribution is -2.22. The standard InChI is InChI=1S/C26H29Cl/c27-22-13-15-23-21(17-22)16-20(11-10-18-6-2-1-3-7-18)26-24-9-5-4-8-19(24)12-14-25(23)26/h8,12-18,20H,1-7,9-11H2. The van der Waals surface area contributed by atoms with E-state index in [4.69, 9.17) is 11.6 Å². The molecule has 0 bridgehead atoms. The average Bonchev–Trinajstić information content (AvgIpc) is 2.72. The van der Waals surface area contributed by atoms with E-state index in [1.807, 2.05) is 6.07 Å². The first-order chi connectivity index (χ1) is 13.3. The molecule has 0 spiro atoms. The summed E-state index contributed by atoms with van der Waals surface area (Å²) in [6.07, 6.45) is 18.7. The van der Waals surface area contributed by atoms with Crippen LogP contribution in [0.2, 0.25) is 5.02 Å². The molecule has 27 heavy (non-hydrogen) atoms. The van der Waals surface area contributed by atoms with Crippen molar-refractivity contribution in [1.82, 2.24) is 0 Å². The normalized spacial score (nSPS) is 21.4. The summed E-state index contributed by atoms with van der Waals surface area (Å²) in [5.41, 5.74) is 3.26. The average molecular weight is 377 g/mol. The van der Waals surface area contributed by atoms with E-state index in [1.54, 1.807) is 11.1 Å². The summed E-state index contributed by atoms with van der Waals surface area (Å²) in [5.74, 6) is 1.50. The van der Waals surface area contributed by atoms with Gasteiger partial charge in [0.15, 0.2) is 0 Å². The molecule has 1 unspecified atom stereocenters. The molecule has 0 saturated heterocycles. The fourth-order valence-corrected chi connectivity index (χ4v) is 5.86. The molecule has 1 atom stereocenters. The number of hydrogen-bond donors (Lipinski definition) is 0. The second kappa shape index (κ2) is 7.47. The first-order valence-electron chi connectivity index (χ1n) is 10.9.